The normalized spacial score (nSPS) is 11.5. The highest BCUT2D eigenvalue weighted by Gasteiger charge is 2.19. The molecule has 0 radical (unpaired) electrons. The highest BCUT2D eigenvalue weighted by molar-refractivity contribution is 9.10. The minimum atomic E-state index is -0.154. The van der Waals surface area contributed by atoms with Gasteiger partial charge in [0.2, 0.25) is 0 Å². The molecule has 2 aromatic rings. The van der Waals surface area contributed by atoms with Gasteiger partial charge in [-0.15, -0.1) is 11.3 Å². The van der Waals surface area contributed by atoms with E-state index in [1.165, 1.54) is 0 Å². The second kappa shape index (κ2) is 6.46. The molecule has 0 aliphatic rings. The molecule has 2 aromatic heterocycles. The number of nitrogens with one attached hydrogen (secondary N) is 1. The second-order valence-corrected chi connectivity index (χ2v) is 8.03. The molecular formula is C15H16BrClN2OS. The lowest BCUT2D eigenvalue weighted by molar-refractivity contribution is 0.0951. The van der Waals surface area contributed by atoms with E-state index in [1.54, 1.807) is 23.5 Å². The number of hydrogen-bond donors (Lipinski definition) is 1. The third-order valence-electron chi connectivity index (χ3n) is 2.87. The molecule has 0 aliphatic carbocycles. The summed E-state index contributed by atoms with van der Waals surface area (Å²) < 4.78 is 1.03. The van der Waals surface area contributed by atoms with E-state index in [1.807, 2.05) is 32.2 Å². The van der Waals surface area contributed by atoms with E-state index in [-0.39, 0.29) is 11.3 Å². The van der Waals surface area contributed by atoms with Crippen molar-refractivity contribution in [2.45, 2.75) is 32.7 Å². The summed E-state index contributed by atoms with van der Waals surface area (Å²) >= 11 is 11.0. The number of nitrogens with zero attached hydrogens (tertiary/aromatic N) is 1. The Morgan fingerprint density at radius 1 is 1.38 bits per heavy atom. The van der Waals surface area contributed by atoms with Crippen molar-refractivity contribution < 1.29 is 4.79 Å². The number of hydrogen-bond acceptors (Lipinski definition) is 3. The van der Waals surface area contributed by atoms with Crippen molar-refractivity contribution in [1.29, 1.82) is 0 Å². The SMILES string of the molecule is CC(C)(C)c1cc(C(=O)NCc2cc(Br)cs2)cc(Cl)n1. The zero-order valence-corrected chi connectivity index (χ0v) is 15.2. The van der Waals surface area contributed by atoms with Gasteiger partial charge in [-0.2, -0.15) is 0 Å². The zero-order chi connectivity index (χ0) is 15.6. The second-order valence-electron chi connectivity index (χ2n) is 5.73. The molecule has 112 valence electrons. The number of amides is 1. The van der Waals surface area contributed by atoms with E-state index >= 15 is 0 Å². The van der Waals surface area contributed by atoms with Crippen molar-refractivity contribution in [2.24, 2.45) is 0 Å². The van der Waals surface area contributed by atoms with Crippen LogP contribution in [0.15, 0.2) is 28.1 Å². The highest BCUT2D eigenvalue weighted by Crippen LogP contribution is 2.24. The van der Waals surface area contributed by atoms with E-state index < -0.39 is 0 Å². The van der Waals surface area contributed by atoms with Gasteiger partial charge in [-0.1, -0.05) is 32.4 Å². The van der Waals surface area contributed by atoms with E-state index in [0.717, 1.165) is 15.0 Å². The first kappa shape index (κ1) is 16.5. The number of carbonyl (C=O) groups is 1. The monoisotopic (exact) mass is 386 g/mol. The Morgan fingerprint density at radius 2 is 2.10 bits per heavy atom. The predicted octanol–water partition coefficient (Wildman–Crippen LogP) is 4.79. The van der Waals surface area contributed by atoms with Crippen LogP contribution in [0.4, 0.5) is 0 Å². The van der Waals surface area contributed by atoms with Gasteiger partial charge >= 0.3 is 0 Å². The number of rotatable bonds is 3. The molecule has 0 unspecified atom stereocenters. The molecule has 0 aromatic carbocycles. The summed E-state index contributed by atoms with van der Waals surface area (Å²) in [7, 11) is 0. The third kappa shape index (κ3) is 4.53. The van der Waals surface area contributed by atoms with Gasteiger partial charge in [-0.25, -0.2) is 4.98 Å². The summed E-state index contributed by atoms with van der Waals surface area (Å²) in [6, 6.07) is 5.38. The van der Waals surface area contributed by atoms with Gasteiger partial charge in [0.15, 0.2) is 0 Å². The molecule has 0 spiro atoms. The fourth-order valence-electron chi connectivity index (χ4n) is 1.73. The minimum Gasteiger partial charge on any atom is -0.347 e. The van der Waals surface area contributed by atoms with Crippen LogP contribution in [0.25, 0.3) is 0 Å². The highest BCUT2D eigenvalue weighted by atomic mass is 79.9. The fraction of sp³-hybridized carbons (Fsp3) is 0.333. The summed E-state index contributed by atoms with van der Waals surface area (Å²) in [5.74, 6) is -0.144. The summed E-state index contributed by atoms with van der Waals surface area (Å²) in [6.07, 6.45) is 0. The lowest BCUT2D eigenvalue weighted by Crippen LogP contribution is -2.23. The van der Waals surface area contributed by atoms with Gasteiger partial charge in [0.05, 0.1) is 6.54 Å². The number of thiophene rings is 1. The van der Waals surface area contributed by atoms with E-state index in [2.05, 4.69) is 26.2 Å². The fourth-order valence-corrected chi connectivity index (χ4v) is 3.33. The van der Waals surface area contributed by atoms with Crippen LogP contribution in [0.1, 0.15) is 41.7 Å². The molecule has 0 saturated heterocycles. The maximum Gasteiger partial charge on any atom is 0.251 e. The minimum absolute atomic E-state index is 0.144. The van der Waals surface area contributed by atoms with Crippen molar-refractivity contribution in [3.05, 3.63) is 49.3 Å². The van der Waals surface area contributed by atoms with Crippen LogP contribution in [0.2, 0.25) is 5.15 Å². The topological polar surface area (TPSA) is 42.0 Å². The van der Waals surface area contributed by atoms with E-state index in [0.29, 0.717) is 17.3 Å². The largest absolute Gasteiger partial charge is 0.347 e. The summed E-state index contributed by atoms with van der Waals surface area (Å²) in [5, 5.41) is 5.23. The van der Waals surface area contributed by atoms with Crippen LogP contribution in [-0.4, -0.2) is 10.9 Å². The van der Waals surface area contributed by atoms with Gasteiger partial charge in [0.25, 0.3) is 5.91 Å². The molecule has 2 heterocycles. The molecule has 1 N–H and O–H groups in total. The molecule has 1 amide bonds. The summed E-state index contributed by atoms with van der Waals surface area (Å²) in [4.78, 5) is 17.6. The van der Waals surface area contributed by atoms with Crippen LogP contribution in [-0.2, 0) is 12.0 Å². The van der Waals surface area contributed by atoms with Crippen molar-refractivity contribution in [1.82, 2.24) is 10.3 Å². The van der Waals surface area contributed by atoms with Gasteiger partial charge in [0.1, 0.15) is 5.15 Å². The Morgan fingerprint density at radius 3 is 2.67 bits per heavy atom. The first-order chi connectivity index (χ1) is 9.75. The van der Waals surface area contributed by atoms with Gasteiger partial charge < -0.3 is 5.32 Å². The van der Waals surface area contributed by atoms with Crippen molar-refractivity contribution >= 4 is 44.8 Å². The molecule has 0 aliphatic heterocycles. The zero-order valence-electron chi connectivity index (χ0n) is 12.0. The van der Waals surface area contributed by atoms with Crippen molar-refractivity contribution in [3.63, 3.8) is 0 Å². The maximum atomic E-state index is 12.3. The molecule has 0 atom stereocenters. The molecule has 0 fully saturated rings. The van der Waals surface area contributed by atoms with Crippen molar-refractivity contribution in [3.8, 4) is 0 Å². The molecule has 0 saturated carbocycles. The van der Waals surface area contributed by atoms with Crippen LogP contribution in [0.5, 0.6) is 0 Å². The van der Waals surface area contributed by atoms with Gasteiger partial charge in [-0.05, 0) is 34.1 Å². The van der Waals surface area contributed by atoms with E-state index in [9.17, 15) is 4.79 Å². The Hall–Kier alpha value is -0.910. The molecule has 21 heavy (non-hydrogen) atoms. The molecule has 3 nitrogen and oxygen atoms in total. The molecule has 2 rings (SSSR count). The quantitative estimate of drug-likeness (QED) is 0.770. The average Bonchev–Trinajstić information content (AvgIpc) is 2.80. The van der Waals surface area contributed by atoms with Gasteiger partial charge in [0, 0.05) is 31.4 Å². The third-order valence-corrected chi connectivity index (χ3v) is 4.76. The molecular weight excluding hydrogens is 372 g/mol. The van der Waals surface area contributed by atoms with Crippen LogP contribution in [0.3, 0.4) is 0 Å². The number of aromatic nitrogens is 1. The Labute approximate surface area is 141 Å². The Kier molecular flexibility index (Phi) is 5.07. The van der Waals surface area contributed by atoms with Crippen LogP contribution in [0, 0.1) is 0 Å². The first-order valence-corrected chi connectivity index (χ1v) is 8.50. The first-order valence-electron chi connectivity index (χ1n) is 6.45. The van der Waals surface area contributed by atoms with Crippen molar-refractivity contribution in [2.75, 3.05) is 0 Å². The number of pyridine rings is 1. The van der Waals surface area contributed by atoms with Crippen LogP contribution >= 0.6 is 38.9 Å². The lowest BCUT2D eigenvalue weighted by Gasteiger charge is -2.18. The number of halogens is 2. The maximum absolute atomic E-state index is 12.3. The van der Waals surface area contributed by atoms with Gasteiger partial charge in [-0.3, -0.25) is 4.79 Å². The predicted molar refractivity (Wildman–Crippen MR) is 91.1 cm³/mol. The molecule has 6 heteroatoms. The summed E-state index contributed by atoms with van der Waals surface area (Å²) in [5.41, 5.74) is 1.19. The average molecular weight is 388 g/mol. The Bertz CT molecular complexity index is 664. The summed E-state index contributed by atoms with van der Waals surface area (Å²) in [6.45, 7) is 6.61. The lowest BCUT2D eigenvalue weighted by atomic mass is 9.91. The van der Waals surface area contributed by atoms with Crippen LogP contribution < -0.4 is 5.32 Å². The Balaban J connectivity index is 2.13. The smallest absolute Gasteiger partial charge is 0.251 e. The standard InChI is InChI=1S/C15H16BrClN2OS/c1-15(2,3)12-4-9(5-13(17)19-12)14(20)18-7-11-6-10(16)8-21-11/h4-6,8H,7H2,1-3H3,(H,18,20). The molecule has 0 bridgehead atoms. The van der Waals surface area contributed by atoms with E-state index in [4.69, 9.17) is 11.6 Å². The number of carbonyl (C=O) groups excluding carboxylic acids is 1.